The number of rotatable bonds is 6. The normalized spacial score (nSPS) is 12.2. The topological polar surface area (TPSA) is 67.6 Å². The van der Waals surface area contributed by atoms with Crippen molar-refractivity contribution in [2.45, 2.75) is 18.5 Å². The summed E-state index contributed by atoms with van der Waals surface area (Å²) in [5, 5.41) is 0. The van der Waals surface area contributed by atoms with Crippen molar-refractivity contribution in [2.75, 3.05) is 12.8 Å². The smallest absolute Gasteiger partial charge is 0.406 e. The van der Waals surface area contributed by atoms with E-state index in [4.69, 9.17) is 4.42 Å². The van der Waals surface area contributed by atoms with E-state index in [1.807, 2.05) is 0 Å². The third kappa shape index (κ3) is 6.26. The number of amides is 1. The van der Waals surface area contributed by atoms with Crippen LogP contribution < -0.4 is 0 Å². The summed E-state index contributed by atoms with van der Waals surface area (Å²) in [5.41, 5.74) is 0.315. The molecule has 2 rings (SSSR count). The van der Waals surface area contributed by atoms with Gasteiger partial charge in [-0.05, 0) is 29.8 Å². The Hall–Kier alpha value is -2.29. The quantitative estimate of drug-likeness (QED) is 0.778. The molecule has 9 heteroatoms. The highest BCUT2D eigenvalue weighted by Gasteiger charge is 2.33. The fourth-order valence-electron chi connectivity index (χ4n) is 2.29. The highest BCUT2D eigenvalue weighted by molar-refractivity contribution is 7.89. The van der Waals surface area contributed by atoms with Gasteiger partial charge in [0, 0.05) is 11.8 Å². The first-order valence-corrected chi connectivity index (χ1v) is 9.25. The summed E-state index contributed by atoms with van der Waals surface area (Å²) in [5.74, 6) is -0.945. The summed E-state index contributed by atoms with van der Waals surface area (Å²) >= 11 is 0. The average Bonchev–Trinajstić information content (AvgIpc) is 2.96. The fourth-order valence-corrected chi connectivity index (χ4v) is 3.07. The first-order valence-electron chi connectivity index (χ1n) is 7.18. The van der Waals surface area contributed by atoms with Crippen LogP contribution in [-0.4, -0.2) is 38.2 Å². The van der Waals surface area contributed by atoms with Crippen LogP contribution in [0, 0.1) is 0 Å². The van der Waals surface area contributed by atoms with Crippen molar-refractivity contribution in [2.24, 2.45) is 0 Å². The molecule has 0 radical (unpaired) electrons. The Morgan fingerprint density at radius 1 is 1.20 bits per heavy atom. The van der Waals surface area contributed by atoms with Crippen molar-refractivity contribution in [1.82, 2.24) is 4.90 Å². The minimum atomic E-state index is -4.58. The van der Waals surface area contributed by atoms with Gasteiger partial charge in [-0.15, -0.1) is 0 Å². The second-order valence-electron chi connectivity index (χ2n) is 5.63. The van der Waals surface area contributed by atoms with Crippen LogP contribution >= 0.6 is 0 Å². The first kappa shape index (κ1) is 19.0. The van der Waals surface area contributed by atoms with Crippen LogP contribution in [0.15, 0.2) is 47.1 Å². The van der Waals surface area contributed by atoms with Crippen LogP contribution in [0.4, 0.5) is 13.2 Å². The van der Waals surface area contributed by atoms with Crippen LogP contribution in [0.25, 0.3) is 0 Å². The van der Waals surface area contributed by atoms with Crippen molar-refractivity contribution in [3.8, 4) is 0 Å². The highest BCUT2D eigenvalue weighted by Crippen LogP contribution is 2.21. The van der Waals surface area contributed by atoms with E-state index in [0.29, 0.717) is 10.5 Å². The van der Waals surface area contributed by atoms with Gasteiger partial charge in [0.25, 0.3) is 5.91 Å². The van der Waals surface area contributed by atoms with Gasteiger partial charge >= 0.3 is 6.18 Å². The van der Waals surface area contributed by atoms with Gasteiger partial charge in [-0.3, -0.25) is 4.79 Å². The fraction of sp³-hybridized carbons (Fsp3) is 0.312. The van der Waals surface area contributed by atoms with Crippen LogP contribution in [0.5, 0.6) is 0 Å². The monoisotopic (exact) mass is 375 g/mol. The molecule has 0 spiro atoms. The number of carbonyl (C=O) groups excluding carboxylic acids is 1. The molecule has 0 saturated carbocycles. The Morgan fingerprint density at radius 3 is 2.48 bits per heavy atom. The van der Waals surface area contributed by atoms with Gasteiger partial charge < -0.3 is 9.32 Å². The maximum atomic E-state index is 12.8. The number of benzene rings is 1. The van der Waals surface area contributed by atoms with E-state index in [-0.39, 0.29) is 23.6 Å². The lowest BCUT2D eigenvalue weighted by molar-refractivity contribution is -0.142. The molecule has 0 N–H and O–H groups in total. The average molecular weight is 375 g/mol. The third-order valence-electron chi connectivity index (χ3n) is 3.19. The summed E-state index contributed by atoms with van der Waals surface area (Å²) in [4.78, 5) is 13.1. The Morgan fingerprint density at radius 2 is 1.92 bits per heavy atom. The van der Waals surface area contributed by atoms with Gasteiger partial charge in [0.1, 0.15) is 12.3 Å². The standard InChI is InChI=1S/C16H16F3NO4S/c1-25(22,23)10-12-4-2-5-13(8-12)15(21)20(11-16(17,18)19)9-14-6-3-7-24-14/h2-8H,9-11H2,1H3. The molecule has 1 aromatic heterocycles. The molecule has 0 unspecified atom stereocenters. The van der Waals surface area contributed by atoms with Crippen LogP contribution in [0.1, 0.15) is 21.7 Å². The number of sulfone groups is 1. The summed E-state index contributed by atoms with van der Waals surface area (Å²) < 4.78 is 66.2. The molecule has 25 heavy (non-hydrogen) atoms. The number of halogens is 3. The van der Waals surface area contributed by atoms with E-state index in [1.165, 1.54) is 42.7 Å². The summed E-state index contributed by atoms with van der Waals surface area (Å²) in [6, 6.07) is 8.55. The minimum Gasteiger partial charge on any atom is -0.467 e. The minimum absolute atomic E-state index is 0.0167. The van der Waals surface area contributed by atoms with E-state index < -0.39 is 28.5 Å². The van der Waals surface area contributed by atoms with Crippen molar-refractivity contribution in [3.05, 3.63) is 59.5 Å². The molecule has 0 bridgehead atoms. The second kappa shape index (κ2) is 7.30. The summed E-state index contributed by atoms with van der Waals surface area (Å²) in [7, 11) is -3.33. The summed E-state index contributed by atoms with van der Waals surface area (Å²) in [6.07, 6.45) is -2.24. The zero-order chi connectivity index (χ0) is 18.7. The van der Waals surface area contributed by atoms with Gasteiger partial charge in [0.2, 0.25) is 0 Å². The molecule has 1 amide bonds. The molecule has 0 atom stereocenters. The lowest BCUT2D eigenvalue weighted by Crippen LogP contribution is -2.38. The van der Waals surface area contributed by atoms with E-state index >= 15 is 0 Å². The lowest BCUT2D eigenvalue weighted by Gasteiger charge is -2.23. The van der Waals surface area contributed by atoms with Gasteiger partial charge in [-0.1, -0.05) is 12.1 Å². The molecule has 2 aromatic rings. The molecular weight excluding hydrogens is 359 g/mol. The number of furan rings is 1. The molecule has 0 aliphatic carbocycles. The molecule has 0 fully saturated rings. The molecular formula is C16H16F3NO4S. The third-order valence-corrected chi connectivity index (χ3v) is 4.04. The van der Waals surface area contributed by atoms with E-state index in [9.17, 15) is 26.4 Å². The maximum Gasteiger partial charge on any atom is 0.406 e. The van der Waals surface area contributed by atoms with Crippen LogP contribution in [0.3, 0.4) is 0 Å². The SMILES string of the molecule is CS(=O)(=O)Cc1cccc(C(=O)N(Cc2ccco2)CC(F)(F)F)c1. The Kier molecular flexibility index (Phi) is 5.56. The molecule has 0 aliphatic heterocycles. The van der Waals surface area contributed by atoms with Gasteiger partial charge in [0.15, 0.2) is 9.84 Å². The molecule has 0 saturated heterocycles. The molecule has 0 aliphatic rings. The van der Waals surface area contributed by atoms with Crippen LogP contribution in [0.2, 0.25) is 0 Å². The van der Waals surface area contributed by atoms with Gasteiger partial charge in [-0.2, -0.15) is 13.2 Å². The zero-order valence-electron chi connectivity index (χ0n) is 13.3. The predicted octanol–water partition coefficient (Wildman–Crippen LogP) is 3.03. The predicted molar refractivity (Wildman–Crippen MR) is 84.5 cm³/mol. The molecule has 1 aromatic carbocycles. The zero-order valence-corrected chi connectivity index (χ0v) is 14.1. The Bertz CT molecular complexity index is 829. The van der Waals surface area contributed by atoms with Crippen molar-refractivity contribution in [3.63, 3.8) is 0 Å². The van der Waals surface area contributed by atoms with Crippen molar-refractivity contribution < 1.29 is 30.8 Å². The van der Waals surface area contributed by atoms with Gasteiger partial charge in [0.05, 0.1) is 18.6 Å². The number of hydrogen-bond donors (Lipinski definition) is 0. The number of hydrogen-bond acceptors (Lipinski definition) is 4. The number of nitrogens with zero attached hydrogens (tertiary/aromatic N) is 1. The lowest BCUT2D eigenvalue weighted by atomic mass is 10.1. The molecule has 5 nitrogen and oxygen atoms in total. The highest BCUT2D eigenvalue weighted by atomic mass is 32.2. The summed E-state index contributed by atoms with van der Waals surface area (Å²) in [6.45, 7) is -1.79. The largest absolute Gasteiger partial charge is 0.467 e. The van der Waals surface area contributed by atoms with E-state index in [2.05, 4.69) is 0 Å². The van der Waals surface area contributed by atoms with E-state index in [1.54, 1.807) is 0 Å². The second-order valence-corrected chi connectivity index (χ2v) is 7.77. The Labute approximate surface area is 143 Å². The van der Waals surface area contributed by atoms with Gasteiger partial charge in [-0.25, -0.2) is 8.42 Å². The Balaban J connectivity index is 2.27. The molecule has 136 valence electrons. The van der Waals surface area contributed by atoms with Crippen molar-refractivity contribution >= 4 is 15.7 Å². The van der Waals surface area contributed by atoms with Crippen LogP contribution in [-0.2, 0) is 22.1 Å². The number of alkyl halides is 3. The number of carbonyl (C=O) groups is 1. The van der Waals surface area contributed by atoms with Crippen molar-refractivity contribution in [1.29, 1.82) is 0 Å². The molecule has 1 heterocycles. The maximum absolute atomic E-state index is 12.8. The first-order chi connectivity index (χ1) is 11.5. The van der Waals surface area contributed by atoms with E-state index in [0.717, 1.165) is 6.26 Å².